The van der Waals surface area contributed by atoms with Crippen molar-refractivity contribution in [3.8, 4) is 5.75 Å². The van der Waals surface area contributed by atoms with Gasteiger partial charge in [-0.25, -0.2) is 0 Å². The number of Topliss-reactive ketones (excluding diaryl/α,β-unsaturated/α-hetero) is 1. The number of hydrogen-bond donors (Lipinski definition) is 1. The zero-order valence-electron chi connectivity index (χ0n) is 12.1. The molecule has 2 aromatic rings. The minimum absolute atomic E-state index is 0.0824. The second kappa shape index (κ2) is 7.75. The molecule has 0 bridgehead atoms. The van der Waals surface area contributed by atoms with Gasteiger partial charge in [0.05, 0.1) is 0 Å². The molecule has 0 atom stereocenters. The summed E-state index contributed by atoms with van der Waals surface area (Å²) in [7, 11) is 0. The molecule has 1 N–H and O–H groups in total. The summed E-state index contributed by atoms with van der Waals surface area (Å²) in [4.78, 5) is 23.3. The molecule has 2 aromatic carbocycles. The van der Waals surface area contributed by atoms with Crippen molar-refractivity contribution in [2.75, 3.05) is 11.9 Å². The van der Waals surface area contributed by atoms with Gasteiger partial charge in [0.1, 0.15) is 5.75 Å². The molecule has 0 saturated carbocycles. The van der Waals surface area contributed by atoms with Gasteiger partial charge < -0.3 is 10.1 Å². The van der Waals surface area contributed by atoms with Crippen LogP contribution >= 0.6 is 15.9 Å². The molecule has 1 amide bonds. The number of amides is 1. The molecule has 22 heavy (non-hydrogen) atoms. The molecule has 0 aromatic heterocycles. The fourth-order valence-electron chi connectivity index (χ4n) is 1.85. The van der Waals surface area contributed by atoms with Crippen molar-refractivity contribution in [3.63, 3.8) is 0 Å². The first-order valence-electron chi connectivity index (χ1n) is 6.90. The van der Waals surface area contributed by atoms with E-state index in [9.17, 15) is 9.59 Å². The summed E-state index contributed by atoms with van der Waals surface area (Å²) in [6.07, 6.45) is 0.468. The standard InChI is InChI=1S/C17H16BrNO3/c1-2-16(20)12-6-8-15(9-7-12)22-11-17(21)19-14-5-3-4-13(18)10-14/h3-10H,2,11H2,1H3,(H,19,21). The number of ketones is 1. The first-order valence-corrected chi connectivity index (χ1v) is 7.69. The number of nitrogens with one attached hydrogen (secondary N) is 1. The molecule has 0 spiro atoms. The molecular formula is C17H16BrNO3. The molecule has 0 unspecified atom stereocenters. The van der Waals surface area contributed by atoms with Gasteiger partial charge in [0, 0.05) is 22.1 Å². The van der Waals surface area contributed by atoms with Gasteiger partial charge in [-0.05, 0) is 42.5 Å². The Bertz CT molecular complexity index is 668. The van der Waals surface area contributed by atoms with E-state index in [-0.39, 0.29) is 18.3 Å². The van der Waals surface area contributed by atoms with E-state index in [2.05, 4.69) is 21.2 Å². The lowest BCUT2D eigenvalue weighted by atomic mass is 10.1. The van der Waals surface area contributed by atoms with Gasteiger partial charge in [-0.2, -0.15) is 0 Å². The largest absolute Gasteiger partial charge is 0.484 e. The van der Waals surface area contributed by atoms with Gasteiger partial charge >= 0.3 is 0 Å². The topological polar surface area (TPSA) is 55.4 Å². The van der Waals surface area contributed by atoms with Crippen molar-refractivity contribution in [3.05, 3.63) is 58.6 Å². The Morgan fingerprint density at radius 3 is 2.50 bits per heavy atom. The van der Waals surface area contributed by atoms with Gasteiger partial charge in [0.25, 0.3) is 5.91 Å². The van der Waals surface area contributed by atoms with Crippen molar-refractivity contribution in [1.82, 2.24) is 0 Å². The molecule has 0 aliphatic heterocycles. The zero-order chi connectivity index (χ0) is 15.9. The van der Waals surface area contributed by atoms with Crippen LogP contribution < -0.4 is 10.1 Å². The fourth-order valence-corrected chi connectivity index (χ4v) is 2.25. The average molecular weight is 362 g/mol. The Kier molecular flexibility index (Phi) is 5.72. The highest BCUT2D eigenvalue weighted by molar-refractivity contribution is 9.10. The molecule has 2 rings (SSSR count). The molecule has 0 saturated heterocycles. The Morgan fingerprint density at radius 1 is 1.14 bits per heavy atom. The second-order valence-electron chi connectivity index (χ2n) is 4.65. The number of benzene rings is 2. The van der Waals surface area contributed by atoms with Crippen molar-refractivity contribution in [2.45, 2.75) is 13.3 Å². The van der Waals surface area contributed by atoms with Crippen LogP contribution in [-0.4, -0.2) is 18.3 Å². The molecule has 0 radical (unpaired) electrons. The second-order valence-corrected chi connectivity index (χ2v) is 5.56. The Morgan fingerprint density at radius 2 is 1.86 bits per heavy atom. The van der Waals surface area contributed by atoms with Crippen LogP contribution in [-0.2, 0) is 4.79 Å². The van der Waals surface area contributed by atoms with Crippen LogP contribution in [0, 0.1) is 0 Å². The Labute approximate surface area is 137 Å². The zero-order valence-corrected chi connectivity index (χ0v) is 13.7. The van der Waals surface area contributed by atoms with Gasteiger partial charge in [0.15, 0.2) is 12.4 Å². The first-order chi connectivity index (χ1) is 10.6. The SMILES string of the molecule is CCC(=O)c1ccc(OCC(=O)Nc2cccc(Br)c2)cc1. The summed E-state index contributed by atoms with van der Waals surface area (Å²) >= 11 is 3.34. The minimum atomic E-state index is -0.244. The summed E-state index contributed by atoms with van der Waals surface area (Å²) in [6.45, 7) is 1.73. The highest BCUT2D eigenvalue weighted by Gasteiger charge is 2.06. The minimum Gasteiger partial charge on any atom is -0.484 e. The molecule has 0 aliphatic rings. The van der Waals surface area contributed by atoms with E-state index in [1.54, 1.807) is 30.3 Å². The van der Waals surface area contributed by atoms with Gasteiger partial charge in [-0.3, -0.25) is 9.59 Å². The number of halogens is 1. The predicted molar refractivity (Wildman–Crippen MR) is 89.3 cm³/mol. The summed E-state index contributed by atoms with van der Waals surface area (Å²) in [5, 5.41) is 2.74. The molecule has 5 heteroatoms. The molecular weight excluding hydrogens is 346 g/mol. The number of rotatable bonds is 6. The van der Waals surface area contributed by atoms with E-state index in [1.165, 1.54) is 0 Å². The number of ether oxygens (including phenoxy) is 1. The number of carbonyl (C=O) groups excluding carboxylic acids is 2. The molecule has 0 heterocycles. The van der Waals surface area contributed by atoms with Crippen LogP contribution in [0.25, 0.3) is 0 Å². The van der Waals surface area contributed by atoms with Crippen LogP contribution in [0.5, 0.6) is 5.75 Å². The van der Waals surface area contributed by atoms with E-state index < -0.39 is 0 Å². The summed E-state index contributed by atoms with van der Waals surface area (Å²) < 4.78 is 6.29. The highest BCUT2D eigenvalue weighted by Crippen LogP contribution is 2.16. The van der Waals surface area contributed by atoms with E-state index in [4.69, 9.17) is 4.74 Å². The number of anilines is 1. The monoisotopic (exact) mass is 361 g/mol. The lowest BCUT2D eigenvalue weighted by Crippen LogP contribution is -2.20. The fraction of sp³-hybridized carbons (Fsp3) is 0.176. The maximum atomic E-state index is 11.8. The van der Waals surface area contributed by atoms with E-state index in [1.807, 2.05) is 25.1 Å². The summed E-state index contributed by atoms with van der Waals surface area (Å²) in [6, 6.07) is 14.1. The third-order valence-corrected chi connectivity index (χ3v) is 3.47. The summed E-state index contributed by atoms with van der Waals surface area (Å²) in [5.74, 6) is 0.391. The third-order valence-electron chi connectivity index (χ3n) is 2.98. The van der Waals surface area contributed by atoms with Crippen LogP contribution in [0.3, 0.4) is 0 Å². The van der Waals surface area contributed by atoms with Crippen LogP contribution in [0.2, 0.25) is 0 Å². The molecule has 4 nitrogen and oxygen atoms in total. The molecule has 0 aliphatic carbocycles. The molecule has 0 fully saturated rings. The van der Waals surface area contributed by atoms with E-state index in [0.717, 1.165) is 4.47 Å². The quantitative estimate of drug-likeness (QED) is 0.789. The predicted octanol–water partition coefficient (Wildman–Crippen LogP) is 4.06. The van der Waals surface area contributed by atoms with Crippen LogP contribution in [0.15, 0.2) is 53.0 Å². The lowest BCUT2D eigenvalue weighted by molar-refractivity contribution is -0.118. The van der Waals surface area contributed by atoms with Gasteiger partial charge in [-0.1, -0.05) is 28.9 Å². The van der Waals surface area contributed by atoms with Crippen LogP contribution in [0.1, 0.15) is 23.7 Å². The number of hydrogen-bond acceptors (Lipinski definition) is 3. The number of carbonyl (C=O) groups is 2. The molecule has 114 valence electrons. The van der Waals surface area contributed by atoms with E-state index in [0.29, 0.717) is 23.4 Å². The van der Waals surface area contributed by atoms with Crippen LogP contribution in [0.4, 0.5) is 5.69 Å². The highest BCUT2D eigenvalue weighted by atomic mass is 79.9. The smallest absolute Gasteiger partial charge is 0.262 e. The van der Waals surface area contributed by atoms with Gasteiger partial charge in [0.2, 0.25) is 0 Å². The maximum absolute atomic E-state index is 11.8. The van der Waals surface area contributed by atoms with Crippen molar-refractivity contribution < 1.29 is 14.3 Å². The maximum Gasteiger partial charge on any atom is 0.262 e. The Balaban J connectivity index is 1.87. The van der Waals surface area contributed by atoms with Crippen molar-refractivity contribution in [1.29, 1.82) is 0 Å². The third kappa shape index (κ3) is 4.70. The van der Waals surface area contributed by atoms with E-state index >= 15 is 0 Å². The summed E-state index contributed by atoms with van der Waals surface area (Å²) in [5.41, 5.74) is 1.35. The lowest BCUT2D eigenvalue weighted by Gasteiger charge is -2.08. The van der Waals surface area contributed by atoms with Crippen molar-refractivity contribution >= 4 is 33.3 Å². The normalized spacial score (nSPS) is 10.1. The first kappa shape index (κ1) is 16.2. The Hall–Kier alpha value is -2.14. The van der Waals surface area contributed by atoms with Crippen molar-refractivity contribution in [2.24, 2.45) is 0 Å². The van der Waals surface area contributed by atoms with Gasteiger partial charge in [-0.15, -0.1) is 0 Å². The average Bonchev–Trinajstić information content (AvgIpc) is 2.52.